The zero-order chi connectivity index (χ0) is 26.5. The first-order chi connectivity index (χ1) is 19.8. The SMILES string of the molecule is c1ccc2c(c1)CCC1OP(O[C@@H]3CCCCC3c3ccc4ccccc4c3)Oc3ccc4c(c3[C@@H]21)CCCC4. The Morgan fingerprint density at radius 3 is 2.52 bits per heavy atom. The standard InChI is InChI=1S/C36H37O3P/c1-2-12-27-23-28(18-17-24(27)9-1)29-13-7-8-16-32(29)37-40-38-33-21-19-25-10-3-5-14-30(25)35(33)36-31-15-6-4-11-26(31)20-22-34(36)39-40/h1-3,5,9-10,12,14,17-18,20,22-23,29,32-33,35H,4,6-8,11,13,15-16,19,21H2/t29?,32-,33?,35+,40?/m1/s1. The zero-order valence-electron chi connectivity index (χ0n) is 23.1. The van der Waals surface area contributed by atoms with Gasteiger partial charge in [0.25, 0.3) is 0 Å². The van der Waals surface area contributed by atoms with Gasteiger partial charge in [0.1, 0.15) is 5.75 Å². The predicted molar refractivity (Wildman–Crippen MR) is 162 cm³/mol. The monoisotopic (exact) mass is 548 g/mol. The van der Waals surface area contributed by atoms with Crippen molar-refractivity contribution in [1.29, 1.82) is 0 Å². The Labute approximate surface area is 238 Å². The van der Waals surface area contributed by atoms with E-state index in [0.717, 1.165) is 37.9 Å². The number of fused-ring (bicyclic) bond motifs is 8. The quantitative estimate of drug-likeness (QED) is 0.239. The maximum Gasteiger partial charge on any atom is 0.397 e. The van der Waals surface area contributed by atoms with E-state index in [0.29, 0.717) is 5.92 Å². The summed E-state index contributed by atoms with van der Waals surface area (Å²) in [4.78, 5) is 0. The van der Waals surface area contributed by atoms with E-state index in [1.165, 1.54) is 76.3 Å². The molecule has 4 heteroatoms. The van der Waals surface area contributed by atoms with Gasteiger partial charge < -0.3 is 4.52 Å². The summed E-state index contributed by atoms with van der Waals surface area (Å²) < 4.78 is 20.7. The van der Waals surface area contributed by atoms with Crippen LogP contribution in [0, 0.1) is 0 Å². The van der Waals surface area contributed by atoms with Crippen LogP contribution in [-0.4, -0.2) is 12.2 Å². The molecule has 40 heavy (non-hydrogen) atoms. The molecule has 1 aliphatic heterocycles. The molecule has 4 aromatic carbocycles. The highest BCUT2D eigenvalue weighted by atomic mass is 31.2. The van der Waals surface area contributed by atoms with Crippen LogP contribution < -0.4 is 4.52 Å². The van der Waals surface area contributed by atoms with Gasteiger partial charge in [0, 0.05) is 17.4 Å². The fourth-order valence-electron chi connectivity index (χ4n) is 7.85. The summed E-state index contributed by atoms with van der Waals surface area (Å²) in [6.07, 6.45) is 11.7. The highest BCUT2D eigenvalue weighted by Gasteiger charge is 2.43. The van der Waals surface area contributed by atoms with Crippen molar-refractivity contribution in [3.8, 4) is 5.75 Å². The minimum Gasteiger partial charge on any atom is -0.426 e. The molecule has 0 spiro atoms. The average Bonchev–Trinajstić information content (AvgIpc) is 3.18. The molecule has 1 fully saturated rings. The van der Waals surface area contributed by atoms with Crippen molar-refractivity contribution in [2.45, 2.75) is 88.3 Å². The zero-order valence-corrected chi connectivity index (χ0v) is 24.0. The van der Waals surface area contributed by atoms with E-state index in [-0.39, 0.29) is 18.1 Å². The van der Waals surface area contributed by atoms with Gasteiger partial charge in [-0.15, -0.1) is 0 Å². The van der Waals surface area contributed by atoms with Crippen molar-refractivity contribution in [1.82, 2.24) is 0 Å². The summed E-state index contributed by atoms with van der Waals surface area (Å²) in [5.74, 6) is 1.57. The van der Waals surface area contributed by atoms with Crippen LogP contribution in [0.15, 0.2) is 78.9 Å². The minimum atomic E-state index is -1.51. The van der Waals surface area contributed by atoms with Gasteiger partial charge in [-0.3, -0.25) is 9.05 Å². The topological polar surface area (TPSA) is 27.7 Å². The molecule has 1 heterocycles. The van der Waals surface area contributed by atoms with Crippen LogP contribution in [0.5, 0.6) is 5.75 Å². The Balaban J connectivity index is 1.15. The largest absolute Gasteiger partial charge is 0.426 e. The van der Waals surface area contributed by atoms with Crippen molar-refractivity contribution in [2.24, 2.45) is 0 Å². The Bertz CT molecular complexity index is 1550. The second-order valence-electron chi connectivity index (χ2n) is 12.1. The molecular weight excluding hydrogens is 511 g/mol. The summed E-state index contributed by atoms with van der Waals surface area (Å²) in [6.45, 7) is 0. The molecule has 4 aromatic rings. The fourth-order valence-corrected chi connectivity index (χ4v) is 9.23. The van der Waals surface area contributed by atoms with Crippen LogP contribution >= 0.6 is 8.60 Å². The summed E-state index contributed by atoms with van der Waals surface area (Å²) in [6, 6.07) is 29.2. The van der Waals surface area contributed by atoms with Gasteiger partial charge in [0.2, 0.25) is 0 Å². The van der Waals surface area contributed by atoms with E-state index in [1.807, 2.05) is 0 Å². The lowest BCUT2D eigenvalue weighted by Crippen LogP contribution is -2.29. The Morgan fingerprint density at radius 2 is 1.55 bits per heavy atom. The lowest BCUT2D eigenvalue weighted by molar-refractivity contribution is 0.0770. The average molecular weight is 549 g/mol. The minimum absolute atomic E-state index is 0.0818. The summed E-state index contributed by atoms with van der Waals surface area (Å²) in [5, 5.41) is 2.60. The molecule has 0 radical (unpaired) electrons. The first kappa shape index (κ1) is 25.0. The lowest BCUT2D eigenvalue weighted by Gasteiger charge is -2.35. The lowest BCUT2D eigenvalue weighted by atomic mass is 9.73. The number of hydrogen-bond acceptors (Lipinski definition) is 3. The molecule has 8 rings (SSSR count). The second-order valence-corrected chi connectivity index (χ2v) is 13.2. The van der Waals surface area contributed by atoms with Crippen molar-refractivity contribution >= 4 is 19.4 Å². The van der Waals surface area contributed by atoms with E-state index >= 15 is 0 Å². The Morgan fingerprint density at radius 1 is 0.700 bits per heavy atom. The molecule has 4 aliphatic rings. The summed E-state index contributed by atoms with van der Waals surface area (Å²) in [5.41, 5.74) is 8.67. The second kappa shape index (κ2) is 10.6. The molecule has 0 aromatic heterocycles. The van der Waals surface area contributed by atoms with Crippen molar-refractivity contribution < 1.29 is 13.6 Å². The number of aryl methyl sites for hydroxylation is 2. The van der Waals surface area contributed by atoms with E-state index < -0.39 is 8.60 Å². The molecule has 3 unspecified atom stereocenters. The number of rotatable bonds is 3. The number of hydrogen-bond donors (Lipinski definition) is 0. The normalized spacial score (nSPS) is 27.4. The van der Waals surface area contributed by atoms with Crippen LogP contribution in [0.3, 0.4) is 0 Å². The molecule has 204 valence electrons. The van der Waals surface area contributed by atoms with E-state index in [4.69, 9.17) is 13.6 Å². The van der Waals surface area contributed by atoms with Gasteiger partial charge in [-0.05, 0) is 96.0 Å². The van der Waals surface area contributed by atoms with Crippen molar-refractivity contribution in [3.63, 3.8) is 0 Å². The van der Waals surface area contributed by atoms with Crippen LogP contribution in [-0.2, 0) is 28.3 Å². The third-order valence-corrected chi connectivity index (χ3v) is 11.1. The smallest absolute Gasteiger partial charge is 0.397 e. The van der Waals surface area contributed by atoms with Gasteiger partial charge in [-0.1, -0.05) is 85.6 Å². The molecule has 3 aliphatic carbocycles. The molecule has 0 bridgehead atoms. The first-order valence-corrected chi connectivity index (χ1v) is 16.4. The Kier molecular flexibility index (Phi) is 6.64. The molecule has 0 amide bonds. The highest BCUT2D eigenvalue weighted by Crippen LogP contribution is 2.57. The van der Waals surface area contributed by atoms with E-state index in [1.54, 1.807) is 0 Å². The molecule has 1 saturated carbocycles. The van der Waals surface area contributed by atoms with Crippen LogP contribution in [0.1, 0.15) is 90.2 Å². The van der Waals surface area contributed by atoms with Crippen LogP contribution in [0.25, 0.3) is 10.8 Å². The third kappa shape index (κ3) is 4.48. The van der Waals surface area contributed by atoms with Gasteiger partial charge in [-0.2, -0.15) is 0 Å². The van der Waals surface area contributed by atoms with E-state index in [9.17, 15) is 0 Å². The predicted octanol–water partition coefficient (Wildman–Crippen LogP) is 9.54. The van der Waals surface area contributed by atoms with Crippen molar-refractivity contribution in [2.75, 3.05) is 0 Å². The van der Waals surface area contributed by atoms with Crippen molar-refractivity contribution in [3.05, 3.63) is 112 Å². The summed E-state index contributed by atoms with van der Waals surface area (Å²) >= 11 is 0. The van der Waals surface area contributed by atoms with Gasteiger partial charge >= 0.3 is 8.60 Å². The third-order valence-electron chi connectivity index (χ3n) is 9.83. The maximum atomic E-state index is 6.95. The van der Waals surface area contributed by atoms with E-state index in [2.05, 4.69) is 78.9 Å². The number of benzene rings is 4. The highest BCUT2D eigenvalue weighted by molar-refractivity contribution is 7.42. The maximum absolute atomic E-state index is 6.95. The molecule has 0 saturated heterocycles. The fraction of sp³-hybridized carbons (Fsp3) is 0.389. The Hall–Kier alpha value is -2.71. The first-order valence-electron chi connectivity index (χ1n) is 15.3. The molecular formula is C36H37O3P. The summed E-state index contributed by atoms with van der Waals surface area (Å²) in [7, 11) is -1.51. The molecule has 5 atom stereocenters. The molecule has 0 N–H and O–H groups in total. The molecule has 3 nitrogen and oxygen atoms in total. The van der Waals surface area contributed by atoms with Gasteiger partial charge in [0.15, 0.2) is 0 Å². The van der Waals surface area contributed by atoms with Gasteiger partial charge in [-0.25, -0.2) is 0 Å². The van der Waals surface area contributed by atoms with Crippen LogP contribution in [0.4, 0.5) is 0 Å². The van der Waals surface area contributed by atoms with Crippen LogP contribution in [0.2, 0.25) is 0 Å². The van der Waals surface area contributed by atoms with Gasteiger partial charge in [0.05, 0.1) is 12.2 Å².